The van der Waals surface area contributed by atoms with Crippen LogP contribution < -0.4 is 0 Å². The number of amides is 2. The highest BCUT2D eigenvalue weighted by Gasteiger charge is 2.37. The van der Waals surface area contributed by atoms with Crippen LogP contribution in [0.2, 0.25) is 0 Å². The molecule has 2 amide bonds. The fraction of sp³-hybridized carbons (Fsp3) is 0.450. The van der Waals surface area contributed by atoms with Crippen LogP contribution in [0.3, 0.4) is 0 Å². The van der Waals surface area contributed by atoms with Crippen LogP contribution >= 0.6 is 0 Å². The molecule has 1 aliphatic carbocycles. The molecule has 2 fully saturated rings. The third-order valence-electron chi connectivity index (χ3n) is 5.81. The summed E-state index contributed by atoms with van der Waals surface area (Å²) >= 11 is 0. The molecule has 8 nitrogen and oxygen atoms in total. The average Bonchev–Trinajstić information content (AvgIpc) is 3.39. The van der Waals surface area contributed by atoms with Crippen LogP contribution in [0.4, 0.5) is 0 Å². The molecule has 0 N–H and O–H groups in total. The standard InChI is InChI=1S/C20H24N6O2/c1-14(15-7-3-4-8-15)19(27)24(2)16-11-25(12-16)20(28)17-9-5-6-10-18(17)26-13-21-22-23-26/h5-6,9-10,13,16H,3-4,7-8,11-12H2,1-2H3. The van der Waals surface area contributed by atoms with E-state index in [9.17, 15) is 9.59 Å². The molecule has 4 rings (SSSR count). The average molecular weight is 380 g/mol. The van der Waals surface area contributed by atoms with E-state index in [4.69, 9.17) is 0 Å². The number of hydrogen-bond donors (Lipinski definition) is 0. The van der Waals surface area contributed by atoms with Gasteiger partial charge in [-0.05, 0) is 55.2 Å². The first-order chi connectivity index (χ1) is 13.6. The summed E-state index contributed by atoms with van der Waals surface area (Å²) in [7, 11) is 1.84. The van der Waals surface area contributed by atoms with E-state index in [1.54, 1.807) is 15.9 Å². The normalized spacial score (nSPS) is 16.8. The van der Waals surface area contributed by atoms with Crippen molar-refractivity contribution in [3.63, 3.8) is 0 Å². The van der Waals surface area contributed by atoms with Gasteiger partial charge in [0, 0.05) is 25.7 Å². The van der Waals surface area contributed by atoms with Crippen molar-refractivity contribution in [3.05, 3.63) is 47.3 Å². The summed E-state index contributed by atoms with van der Waals surface area (Å²) in [5, 5.41) is 11.2. The van der Waals surface area contributed by atoms with Crippen molar-refractivity contribution in [1.29, 1.82) is 0 Å². The first-order valence-corrected chi connectivity index (χ1v) is 9.63. The SMILES string of the molecule is CC(C(=O)N(C)C1CN(C(=O)c2ccccc2-n2cnnn2)C1)=C1CCCC1. The molecule has 0 bridgehead atoms. The van der Waals surface area contributed by atoms with Crippen molar-refractivity contribution < 1.29 is 9.59 Å². The molecule has 28 heavy (non-hydrogen) atoms. The summed E-state index contributed by atoms with van der Waals surface area (Å²) in [5.74, 6) is 0.0113. The Morgan fingerprint density at radius 3 is 2.54 bits per heavy atom. The van der Waals surface area contributed by atoms with Gasteiger partial charge in [0.2, 0.25) is 5.91 Å². The number of rotatable bonds is 4. The van der Waals surface area contributed by atoms with Crippen LogP contribution in [0.25, 0.3) is 5.69 Å². The minimum atomic E-state index is -0.0749. The molecule has 2 aromatic rings. The predicted octanol–water partition coefficient (Wildman–Crippen LogP) is 1.84. The van der Waals surface area contributed by atoms with Crippen molar-refractivity contribution in [1.82, 2.24) is 30.0 Å². The van der Waals surface area contributed by atoms with Gasteiger partial charge >= 0.3 is 0 Å². The fourth-order valence-electron chi connectivity index (χ4n) is 3.92. The van der Waals surface area contributed by atoms with E-state index in [-0.39, 0.29) is 17.9 Å². The molecule has 8 heteroatoms. The van der Waals surface area contributed by atoms with Gasteiger partial charge in [-0.25, -0.2) is 0 Å². The zero-order chi connectivity index (χ0) is 19.7. The van der Waals surface area contributed by atoms with Gasteiger partial charge in [-0.3, -0.25) is 9.59 Å². The number of likely N-dealkylation sites (N-methyl/N-ethyl adjacent to an activating group) is 1. The zero-order valence-electron chi connectivity index (χ0n) is 16.2. The van der Waals surface area contributed by atoms with Gasteiger partial charge in [-0.1, -0.05) is 17.7 Å². The van der Waals surface area contributed by atoms with E-state index < -0.39 is 0 Å². The molecule has 146 valence electrons. The maximum Gasteiger partial charge on any atom is 0.256 e. The number of benzene rings is 1. The number of para-hydroxylation sites is 1. The largest absolute Gasteiger partial charge is 0.335 e. The van der Waals surface area contributed by atoms with Gasteiger partial charge in [0.1, 0.15) is 6.33 Å². The number of tetrazole rings is 1. The fourth-order valence-corrected chi connectivity index (χ4v) is 3.92. The van der Waals surface area contributed by atoms with Gasteiger partial charge in [-0.2, -0.15) is 4.68 Å². The quantitative estimate of drug-likeness (QED) is 0.756. The Bertz CT molecular complexity index is 907. The van der Waals surface area contributed by atoms with Crippen LogP contribution in [0, 0.1) is 0 Å². The lowest BCUT2D eigenvalue weighted by atomic mass is 10.0. The number of nitrogens with zero attached hydrogens (tertiary/aromatic N) is 6. The second-order valence-electron chi connectivity index (χ2n) is 7.49. The molecular weight excluding hydrogens is 356 g/mol. The van der Waals surface area contributed by atoms with Gasteiger partial charge < -0.3 is 9.80 Å². The molecule has 0 atom stereocenters. The first-order valence-electron chi connectivity index (χ1n) is 9.63. The van der Waals surface area contributed by atoms with Crippen molar-refractivity contribution in [2.45, 2.75) is 38.6 Å². The lowest BCUT2D eigenvalue weighted by Crippen LogP contribution is -2.61. The minimum Gasteiger partial charge on any atom is -0.335 e. The molecule has 1 saturated heterocycles. The molecular formula is C20H24N6O2. The molecule has 0 spiro atoms. The predicted molar refractivity (Wildman–Crippen MR) is 103 cm³/mol. The monoisotopic (exact) mass is 380 g/mol. The molecule has 1 aromatic heterocycles. The number of hydrogen-bond acceptors (Lipinski definition) is 5. The van der Waals surface area contributed by atoms with Gasteiger partial charge in [0.15, 0.2) is 0 Å². The zero-order valence-corrected chi connectivity index (χ0v) is 16.2. The van der Waals surface area contributed by atoms with E-state index in [2.05, 4.69) is 15.5 Å². The maximum absolute atomic E-state index is 13.0. The Hall–Kier alpha value is -3.03. The molecule has 0 radical (unpaired) electrons. The van der Waals surface area contributed by atoms with Crippen LogP contribution in [0.1, 0.15) is 43.0 Å². The Morgan fingerprint density at radius 2 is 1.86 bits per heavy atom. The van der Waals surface area contributed by atoms with E-state index in [1.807, 2.05) is 32.2 Å². The summed E-state index contributed by atoms with van der Waals surface area (Å²) < 4.78 is 1.48. The Kier molecular flexibility index (Phi) is 4.93. The highest BCUT2D eigenvalue weighted by atomic mass is 16.2. The van der Waals surface area contributed by atoms with Crippen molar-refractivity contribution in [2.75, 3.05) is 20.1 Å². The summed E-state index contributed by atoms with van der Waals surface area (Å²) in [6, 6.07) is 7.31. The molecule has 1 aromatic carbocycles. The Morgan fingerprint density at radius 1 is 1.14 bits per heavy atom. The number of carbonyl (C=O) groups excluding carboxylic acids is 2. The third-order valence-corrected chi connectivity index (χ3v) is 5.81. The highest BCUT2D eigenvalue weighted by molar-refractivity contribution is 5.98. The maximum atomic E-state index is 13.0. The molecule has 1 saturated carbocycles. The lowest BCUT2D eigenvalue weighted by molar-refractivity contribution is -0.130. The van der Waals surface area contributed by atoms with E-state index in [1.165, 1.54) is 29.4 Å². The molecule has 2 heterocycles. The van der Waals surface area contributed by atoms with E-state index in [0.29, 0.717) is 24.3 Å². The van der Waals surface area contributed by atoms with Crippen LogP contribution in [-0.4, -0.2) is 68.0 Å². The van der Waals surface area contributed by atoms with Crippen molar-refractivity contribution in [3.8, 4) is 5.69 Å². The second kappa shape index (κ2) is 7.53. The number of allylic oxidation sites excluding steroid dienone is 1. The molecule has 0 unspecified atom stereocenters. The topological polar surface area (TPSA) is 84.2 Å². The van der Waals surface area contributed by atoms with E-state index >= 15 is 0 Å². The van der Waals surface area contributed by atoms with Crippen LogP contribution in [0.5, 0.6) is 0 Å². The Balaban J connectivity index is 1.42. The van der Waals surface area contributed by atoms with Crippen LogP contribution in [0.15, 0.2) is 41.7 Å². The first kappa shape index (κ1) is 18.3. The molecule has 1 aliphatic heterocycles. The highest BCUT2D eigenvalue weighted by Crippen LogP contribution is 2.28. The van der Waals surface area contributed by atoms with E-state index in [0.717, 1.165) is 18.4 Å². The Labute approximate surface area is 163 Å². The number of likely N-dealkylation sites (tertiary alicyclic amines) is 1. The minimum absolute atomic E-state index is 0.0496. The van der Waals surface area contributed by atoms with Gasteiger partial charge in [0.05, 0.1) is 17.3 Å². The third kappa shape index (κ3) is 3.30. The summed E-state index contributed by atoms with van der Waals surface area (Å²) in [4.78, 5) is 29.3. The van der Waals surface area contributed by atoms with Gasteiger partial charge in [-0.15, -0.1) is 5.10 Å². The smallest absolute Gasteiger partial charge is 0.256 e. The molecule has 2 aliphatic rings. The van der Waals surface area contributed by atoms with Crippen LogP contribution in [-0.2, 0) is 4.79 Å². The summed E-state index contributed by atoms with van der Waals surface area (Å²) in [6.07, 6.45) is 5.89. The van der Waals surface area contributed by atoms with Crippen molar-refractivity contribution >= 4 is 11.8 Å². The van der Waals surface area contributed by atoms with Crippen molar-refractivity contribution in [2.24, 2.45) is 0 Å². The second-order valence-corrected chi connectivity index (χ2v) is 7.49. The summed E-state index contributed by atoms with van der Waals surface area (Å²) in [6.45, 7) is 3.00. The number of carbonyl (C=O) groups is 2. The lowest BCUT2D eigenvalue weighted by Gasteiger charge is -2.44. The summed E-state index contributed by atoms with van der Waals surface area (Å²) in [5.41, 5.74) is 3.37. The number of aromatic nitrogens is 4. The van der Waals surface area contributed by atoms with Gasteiger partial charge in [0.25, 0.3) is 5.91 Å².